The Balaban J connectivity index is 3.07. The molecule has 0 aliphatic heterocycles. The van der Waals surface area contributed by atoms with Gasteiger partial charge in [-0.05, 0) is 28.1 Å². The van der Waals surface area contributed by atoms with Gasteiger partial charge in [-0.25, -0.2) is 12.7 Å². The van der Waals surface area contributed by atoms with Gasteiger partial charge < -0.3 is 5.11 Å². The fraction of sp³-hybridized carbons (Fsp3) is 0.300. The van der Waals surface area contributed by atoms with E-state index in [2.05, 4.69) is 15.9 Å². The number of carbonyl (C=O) groups is 1. The van der Waals surface area contributed by atoms with Gasteiger partial charge in [-0.2, -0.15) is 0 Å². The third kappa shape index (κ3) is 3.74. The van der Waals surface area contributed by atoms with E-state index in [4.69, 9.17) is 5.11 Å². The molecule has 0 unspecified atom stereocenters. The van der Waals surface area contributed by atoms with Gasteiger partial charge in [0.1, 0.15) is 0 Å². The summed E-state index contributed by atoms with van der Waals surface area (Å²) in [6.45, 7) is -0.188. The molecule has 0 heterocycles. The van der Waals surface area contributed by atoms with Crippen LogP contribution in [-0.2, 0) is 14.8 Å². The van der Waals surface area contributed by atoms with Crippen LogP contribution in [0.3, 0.4) is 0 Å². The Morgan fingerprint density at radius 2 is 2.10 bits per heavy atom. The van der Waals surface area contributed by atoms with Crippen molar-refractivity contribution in [3.05, 3.63) is 32.8 Å². The fourth-order valence-corrected chi connectivity index (χ4v) is 3.22. The molecule has 20 heavy (non-hydrogen) atoms. The summed E-state index contributed by atoms with van der Waals surface area (Å²) in [5.41, 5.74) is -0.253. The van der Waals surface area contributed by atoms with E-state index >= 15 is 0 Å². The third-order valence-corrected chi connectivity index (χ3v) is 4.95. The molecule has 0 saturated carbocycles. The maximum absolute atomic E-state index is 12.1. The number of benzene rings is 1. The Kier molecular flexibility index (Phi) is 5.20. The van der Waals surface area contributed by atoms with Gasteiger partial charge >= 0.3 is 5.97 Å². The molecule has 0 saturated heterocycles. The van der Waals surface area contributed by atoms with E-state index < -0.39 is 20.9 Å². The standard InChI is InChI=1S/C10H11BrN2O6S/c1-12(5-4-10(14)15)20(18,19)7-2-3-9(13(16)17)8(11)6-7/h2-3,6H,4-5H2,1H3,(H,14,15). The van der Waals surface area contributed by atoms with E-state index in [0.29, 0.717) is 0 Å². The van der Waals surface area contributed by atoms with Crippen molar-refractivity contribution in [2.45, 2.75) is 11.3 Å². The number of nitrogens with zero attached hydrogens (tertiary/aromatic N) is 2. The maximum Gasteiger partial charge on any atom is 0.304 e. The third-order valence-electron chi connectivity index (χ3n) is 2.46. The van der Waals surface area contributed by atoms with Crippen molar-refractivity contribution in [1.29, 1.82) is 0 Å². The quantitative estimate of drug-likeness (QED) is 0.601. The zero-order chi connectivity index (χ0) is 15.5. The van der Waals surface area contributed by atoms with Crippen molar-refractivity contribution in [3.63, 3.8) is 0 Å². The van der Waals surface area contributed by atoms with Gasteiger partial charge in [0, 0.05) is 19.7 Å². The van der Waals surface area contributed by atoms with Gasteiger partial charge in [0.15, 0.2) is 0 Å². The Hall–Kier alpha value is -1.52. The zero-order valence-corrected chi connectivity index (χ0v) is 12.7. The van der Waals surface area contributed by atoms with Crippen LogP contribution in [0.25, 0.3) is 0 Å². The van der Waals surface area contributed by atoms with Gasteiger partial charge in [-0.3, -0.25) is 14.9 Å². The molecule has 110 valence electrons. The largest absolute Gasteiger partial charge is 0.481 e. The highest BCUT2D eigenvalue weighted by Crippen LogP contribution is 2.28. The molecule has 8 nitrogen and oxygen atoms in total. The molecule has 1 rings (SSSR count). The minimum absolute atomic E-state index is 0.0372. The van der Waals surface area contributed by atoms with Crippen LogP contribution in [0.1, 0.15) is 6.42 Å². The van der Waals surface area contributed by atoms with E-state index in [1.165, 1.54) is 7.05 Å². The van der Waals surface area contributed by atoms with E-state index in [1.807, 2.05) is 0 Å². The van der Waals surface area contributed by atoms with Crippen molar-refractivity contribution >= 4 is 37.6 Å². The van der Waals surface area contributed by atoms with E-state index in [0.717, 1.165) is 22.5 Å². The average molecular weight is 367 g/mol. The van der Waals surface area contributed by atoms with Crippen LogP contribution in [0.2, 0.25) is 0 Å². The molecule has 0 fully saturated rings. The summed E-state index contributed by atoms with van der Waals surface area (Å²) >= 11 is 2.93. The normalized spacial score (nSPS) is 11.6. The molecular weight excluding hydrogens is 356 g/mol. The summed E-state index contributed by atoms with van der Waals surface area (Å²) in [5.74, 6) is -1.11. The van der Waals surface area contributed by atoms with Crippen molar-refractivity contribution in [1.82, 2.24) is 4.31 Å². The van der Waals surface area contributed by atoms with Crippen LogP contribution in [0.4, 0.5) is 5.69 Å². The van der Waals surface area contributed by atoms with Gasteiger partial charge in [-0.1, -0.05) is 0 Å². The van der Waals surface area contributed by atoms with Gasteiger partial charge in [-0.15, -0.1) is 0 Å². The predicted molar refractivity (Wildman–Crippen MR) is 72.9 cm³/mol. The average Bonchev–Trinajstić information content (AvgIpc) is 2.34. The number of sulfonamides is 1. The highest BCUT2D eigenvalue weighted by atomic mass is 79.9. The first-order valence-corrected chi connectivity index (χ1v) is 7.51. The summed E-state index contributed by atoms with van der Waals surface area (Å²) in [5, 5.41) is 19.2. The molecule has 0 aliphatic rings. The Bertz CT molecular complexity index is 645. The van der Waals surface area contributed by atoms with Gasteiger partial charge in [0.05, 0.1) is 20.7 Å². The Labute approximate surface area is 123 Å². The van der Waals surface area contributed by atoms with Crippen LogP contribution in [-0.4, -0.2) is 42.3 Å². The summed E-state index contributed by atoms with van der Waals surface area (Å²) in [4.78, 5) is 20.3. The number of rotatable bonds is 6. The van der Waals surface area contributed by atoms with Crippen LogP contribution >= 0.6 is 15.9 Å². The molecule has 10 heteroatoms. The molecule has 0 radical (unpaired) electrons. The zero-order valence-electron chi connectivity index (χ0n) is 10.3. The smallest absolute Gasteiger partial charge is 0.304 e. The Morgan fingerprint density at radius 1 is 1.50 bits per heavy atom. The maximum atomic E-state index is 12.1. The number of carboxylic acids is 1. The van der Waals surface area contributed by atoms with Crippen molar-refractivity contribution < 1.29 is 23.2 Å². The molecule has 0 spiro atoms. The number of nitro benzene ring substituents is 1. The van der Waals surface area contributed by atoms with E-state index in [-0.39, 0.29) is 28.0 Å². The number of nitro groups is 1. The number of halogens is 1. The topological polar surface area (TPSA) is 118 Å². The Morgan fingerprint density at radius 3 is 2.55 bits per heavy atom. The van der Waals surface area contributed by atoms with Crippen LogP contribution < -0.4 is 0 Å². The second-order valence-corrected chi connectivity index (χ2v) is 6.74. The number of aliphatic carboxylic acids is 1. The summed E-state index contributed by atoms with van der Waals surface area (Å²) < 4.78 is 25.2. The second kappa shape index (κ2) is 6.29. The highest BCUT2D eigenvalue weighted by molar-refractivity contribution is 9.10. The summed E-state index contributed by atoms with van der Waals surface area (Å²) in [6.07, 6.45) is -0.329. The molecule has 0 bridgehead atoms. The first-order valence-electron chi connectivity index (χ1n) is 5.28. The lowest BCUT2D eigenvalue weighted by molar-refractivity contribution is -0.385. The van der Waals surface area contributed by atoms with Gasteiger partial charge in [0.25, 0.3) is 5.69 Å². The molecule has 1 aromatic carbocycles. The first-order chi connectivity index (χ1) is 9.16. The predicted octanol–water partition coefficient (Wildman–Crippen LogP) is 1.45. The first kappa shape index (κ1) is 16.5. The van der Waals surface area contributed by atoms with E-state index in [9.17, 15) is 23.3 Å². The lowest BCUT2D eigenvalue weighted by Gasteiger charge is -2.16. The lowest BCUT2D eigenvalue weighted by Crippen LogP contribution is -2.29. The minimum atomic E-state index is -3.88. The highest BCUT2D eigenvalue weighted by Gasteiger charge is 2.23. The summed E-state index contributed by atoms with van der Waals surface area (Å²) in [6, 6.07) is 3.29. The van der Waals surface area contributed by atoms with Crippen molar-refractivity contribution in [2.24, 2.45) is 0 Å². The molecule has 0 amide bonds. The monoisotopic (exact) mass is 366 g/mol. The second-order valence-electron chi connectivity index (χ2n) is 3.84. The molecule has 1 N–H and O–H groups in total. The van der Waals surface area contributed by atoms with Crippen LogP contribution in [0.5, 0.6) is 0 Å². The van der Waals surface area contributed by atoms with Gasteiger partial charge in [0.2, 0.25) is 10.0 Å². The molecule has 0 atom stereocenters. The van der Waals surface area contributed by atoms with Crippen molar-refractivity contribution in [3.8, 4) is 0 Å². The van der Waals surface area contributed by atoms with E-state index in [1.54, 1.807) is 0 Å². The molecule has 0 aromatic heterocycles. The number of hydrogen-bond acceptors (Lipinski definition) is 5. The fourth-order valence-electron chi connectivity index (χ4n) is 1.35. The number of carboxylic acid groups (broad SMARTS) is 1. The molecular formula is C10H11BrN2O6S. The SMILES string of the molecule is CN(CCC(=O)O)S(=O)(=O)c1ccc([N+](=O)[O-])c(Br)c1. The summed E-state index contributed by atoms with van der Waals surface area (Å²) in [7, 11) is -2.64. The molecule has 1 aromatic rings. The number of hydrogen-bond donors (Lipinski definition) is 1. The van der Waals surface area contributed by atoms with Crippen molar-refractivity contribution in [2.75, 3.05) is 13.6 Å². The molecule has 0 aliphatic carbocycles. The lowest BCUT2D eigenvalue weighted by atomic mass is 10.3. The van der Waals surface area contributed by atoms with Crippen LogP contribution in [0, 0.1) is 10.1 Å². The van der Waals surface area contributed by atoms with Crippen LogP contribution in [0.15, 0.2) is 27.6 Å². The minimum Gasteiger partial charge on any atom is -0.481 e.